The number of hydrogen-bond acceptors (Lipinski definition) is 5. The number of aliphatic hydroxyl groups is 1. The number of nitrogens with zero attached hydrogens (tertiary/aromatic N) is 3. The van der Waals surface area contributed by atoms with Gasteiger partial charge in [-0.25, -0.2) is 9.37 Å². The maximum absolute atomic E-state index is 13.5. The third-order valence-electron chi connectivity index (χ3n) is 7.48. The average molecular weight is 486 g/mol. The normalized spacial score (nSPS) is 20.2. The number of pyridine rings is 2. The van der Waals surface area contributed by atoms with Crippen LogP contribution in [0.4, 0.5) is 4.39 Å². The second-order valence-corrected chi connectivity index (χ2v) is 10.0. The Morgan fingerprint density at radius 1 is 1.08 bits per heavy atom. The number of aromatic nitrogens is 2. The molecule has 5 rings (SSSR count). The largest absolute Gasteiger partial charge is 0.393 e. The van der Waals surface area contributed by atoms with Crippen molar-refractivity contribution in [3.8, 4) is 0 Å². The second-order valence-electron chi connectivity index (χ2n) is 10.0. The monoisotopic (exact) mass is 485 g/mol. The van der Waals surface area contributed by atoms with Crippen molar-refractivity contribution >= 4 is 22.4 Å². The Labute approximate surface area is 211 Å². The fourth-order valence-electron chi connectivity index (χ4n) is 5.46. The predicted molar refractivity (Wildman–Crippen MR) is 140 cm³/mol. The Kier molecular flexibility index (Phi) is 7.61. The van der Waals surface area contributed by atoms with Crippen molar-refractivity contribution in [1.82, 2.24) is 9.97 Å². The van der Waals surface area contributed by atoms with Crippen LogP contribution in [0.5, 0.6) is 0 Å². The third kappa shape index (κ3) is 5.76. The van der Waals surface area contributed by atoms with Gasteiger partial charge in [0.25, 0.3) is 0 Å². The van der Waals surface area contributed by atoms with Gasteiger partial charge in [-0.2, -0.15) is 0 Å². The van der Waals surface area contributed by atoms with E-state index in [-0.39, 0.29) is 17.7 Å². The first-order valence-corrected chi connectivity index (χ1v) is 13.0. The molecule has 0 radical (unpaired) electrons. The van der Waals surface area contributed by atoms with Crippen LogP contribution in [0.2, 0.25) is 0 Å². The van der Waals surface area contributed by atoms with Crippen molar-refractivity contribution in [1.29, 1.82) is 0 Å². The Hall–Kier alpha value is -3.25. The summed E-state index contributed by atoms with van der Waals surface area (Å²) in [5.41, 5.74) is 5.14. The van der Waals surface area contributed by atoms with Crippen LogP contribution in [0.3, 0.4) is 0 Å². The molecular formula is C30H32FN3O2. The smallest absolute Gasteiger partial charge is 0.181 e. The predicted octanol–water partition coefficient (Wildman–Crippen LogP) is 6.38. The summed E-state index contributed by atoms with van der Waals surface area (Å²) in [6.45, 7) is 0. The van der Waals surface area contributed by atoms with Crippen molar-refractivity contribution in [2.24, 2.45) is 10.9 Å². The van der Waals surface area contributed by atoms with E-state index in [0.29, 0.717) is 30.0 Å². The van der Waals surface area contributed by atoms with Crippen LogP contribution in [-0.2, 0) is 6.42 Å². The van der Waals surface area contributed by atoms with Crippen LogP contribution in [0.15, 0.2) is 65.6 Å². The molecule has 5 nitrogen and oxygen atoms in total. The van der Waals surface area contributed by atoms with Crippen LogP contribution in [-0.4, -0.2) is 32.7 Å². The van der Waals surface area contributed by atoms with Crippen LogP contribution in [0, 0.1) is 11.7 Å². The molecule has 1 aliphatic carbocycles. The van der Waals surface area contributed by atoms with Crippen molar-refractivity contribution in [2.45, 2.75) is 70.3 Å². The molecule has 1 fully saturated rings. The summed E-state index contributed by atoms with van der Waals surface area (Å²) in [4.78, 5) is 26.3. The highest BCUT2D eigenvalue weighted by Crippen LogP contribution is 2.29. The van der Waals surface area contributed by atoms with E-state index in [1.54, 1.807) is 6.20 Å². The molecule has 36 heavy (non-hydrogen) atoms. The standard InChI is InChI=1S/C30H32FN3O2/c31-24-15-23(18-32-19-24)26-13-12-20(17-33-26)14-22-16-28(34-27-9-3-2-8-25(22)27)30(36)11-5-7-21-6-1-4-10-29(21)35/h2-3,8-9,15-19,21,29,35H,1,4-7,10-14H2. The molecule has 186 valence electrons. The molecule has 3 heterocycles. The highest BCUT2D eigenvalue weighted by molar-refractivity contribution is 6.01. The van der Waals surface area contributed by atoms with Gasteiger partial charge in [-0.05, 0) is 80.2 Å². The lowest BCUT2D eigenvalue weighted by Gasteiger charge is -2.27. The van der Waals surface area contributed by atoms with Crippen LogP contribution < -0.4 is 0 Å². The van der Waals surface area contributed by atoms with E-state index in [9.17, 15) is 14.3 Å². The van der Waals surface area contributed by atoms with Crippen molar-refractivity contribution in [2.75, 3.05) is 0 Å². The van der Waals surface area contributed by atoms with E-state index in [4.69, 9.17) is 0 Å². The molecule has 0 saturated heterocycles. The number of carbonyl (C=O) groups excluding carboxylic acids is 1. The Balaban J connectivity index is 1.31. The number of hydrogen-bond donors (Lipinski definition) is 1. The fourth-order valence-corrected chi connectivity index (χ4v) is 5.46. The molecule has 0 bridgehead atoms. The third-order valence-corrected chi connectivity index (χ3v) is 7.48. The SMILES string of the molecule is O=C(CCCC1CCCCC1O)c1cc(CC2=CN=C(c3cncc(F)c3)CC2)c2ccccc2n1. The first-order chi connectivity index (χ1) is 17.6. The minimum Gasteiger partial charge on any atom is -0.393 e. The number of fused-ring (bicyclic) bond motifs is 1. The summed E-state index contributed by atoms with van der Waals surface area (Å²) >= 11 is 0. The van der Waals surface area contributed by atoms with E-state index in [1.807, 2.05) is 36.5 Å². The number of carbonyl (C=O) groups is 1. The molecule has 3 aromatic rings. The molecule has 2 aromatic heterocycles. The lowest BCUT2D eigenvalue weighted by molar-refractivity contribution is 0.0632. The quantitative estimate of drug-likeness (QED) is 0.376. The van der Waals surface area contributed by atoms with Gasteiger partial charge >= 0.3 is 0 Å². The Bertz CT molecular complexity index is 1320. The lowest BCUT2D eigenvalue weighted by atomic mass is 9.83. The van der Waals surface area contributed by atoms with Gasteiger partial charge in [0.05, 0.1) is 17.8 Å². The fraction of sp³-hybridized carbons (Fsp3) is 0.400. The molecule has 1 N–H and O–H groups in total. The number of halogens is 1. The minimum absolute atomic E-state index is 0.0591. The van der Waals surface area contributed by atoms with Gasteiger partial charge in [0.2, 0.25) is 0 Å². The van der Waals surface area contributed by atoms with Gasteiger partial charge in [-0.15, -0.1) is 0 Å². The summed E-state index contributed by atoms with van der Waals surface area (Å²) < 4.78 is 13.5. The second kappa shape index (κ2) is 11.2. The van der Waals surface area contributed by atoms with Crippen LogP contribution in [0.1, 0.15) is 79.4 Å². The number of ketones is 1. The zero-order chi connectivity index (χ0) is 24.9. The zero-order valence-corrected chi connectivity index (χ0v) is 20.5. The summed E-state index contributed by atoms with van der Waals surface area (Å²) in [6.07, 6.45) is 13.1. The summed E-state index contributed by atoms with van der Waals surface area (Å²) in [6, 6.07) is 11.3. The first kappa shape index (κ1) is 24.4. The zero-order valence-electron chi connectivity index (χ0n) is 20.5. The van der Waals surface area contributed by atoms with Crippen molar-refractivity contribution < 1.29 is 14.3 Å². The first-order valence-electron chi connectivity index (χ1n) is 13.0. The van der Waals surface area contributed by atoms with E-state index >= 15 is 0 Å². The van der Waals surface area contributed by atoms with Crippen LogP contribution in [0.25, 0.3) is 10.9 Å². The van der Waals surface area contributed by atoms with E-state index in [1.165, 1.54) is 24.3 Å². The molecule has 1 aromatic carbocycles. The van der Waals surface area contributed by atoms with E-state index in [0.717, 1.165) is 67.1 Å². The molecule has 2 atom stereocenters. The topological polar surface area (TPSA) is 75.4 Å². The van der Waals surface area contributed by atoms with Gasteiger partial charge in [0.15, 0.2) is 5.78 Å². The van der Waals surface area contributed by atoms with Gasteiger partial charge in [0, 0.05) is 35.5 Å². The maximum atomic E-state index is 13.5. The minimum atomic E-state index is -0.361. The number of aliphatic hydroxyl groups excluding tert-OH is 1. The molecule has 1 aliphatic heterocycles. The summed E-state index contributed by atoms with van der Waals surface area (Å²) in [7, 11) is 0. The van der Waals surface area contributed by atoms with E-state index in [2.05, 4.69) is 15.0 Å². The van der Waals surface area contributed by atoms with Crippen LogP contribution >= 0.6 is 0 Å². The molecule has 2 unspecified atom stereocenters. The lowest BCUT2D eigenvalue weighted by Crippen LogP contribution is -2.24. The number of benzene rings is 1. The molecule has 0 amide bonds. The number of Topliss-reactive ketones (excluding diaryl/α,β-unsaturated/α-hetero) is 1. The van der Waals surface area contributed by atoms with Crippen molar-refractivity contribution in [3.63, 3.8) is 0 Å². The number of para-hydroxylation sites is 1. The number of rotatable bonds is 8. The molecule has 2 aliphatic rings. The van der Waals surface area contributed by atoms with Gasteiger partial charge < -0.3 is 5.11 Å². The number of allylic oxidation sites excluding steroid dienone is 1. The van der Waals surface area contributed by atoms with Crippen molar-refractivity contribution in [3.05, 3.63) is 83.2 Å². The summed E-state index contributed by atoms with van der Waals surface area (Å²) in [5.74, 6) is 0.0164. The van der Waals surface area contributed by atoms with Gasteiger partial charge in [-0.3, -0.25) is 14.8 Å². The Morgan fingerprint density at radius 3 is 2.75 bits per heavy atom. The molecule has 6 heteroatoms. The highest BCUT2D eigenvalue weighted by atomic mass is 19.1. The average Bonchev–Trinajstić information content (AvgIpc) is 2.90. The highest BCUT2D eigenvalue weighted by Gasteiger charge is 2.23. The Morgan fingerprint density at radius 2 is 1.94 bits per heavy atom. The van der Waals surface area contributed by atoms with Gasteiger partial charge in [0.1, 0.15) is 11.5 Å². The van der Waals surface area contributed by atoms with E-state index < -0.39 is 0 Å². The number of aliphatic imine (C=N–C) groups is 1. The molecule has 1 saturated carbocycles. The molecule has 0 spiro atoms. The molecular weight excluding hydrogens is 453 g/mol. The summed E-state index contributed by atoms with van der Waals surface area (Å²) in [5, 5.41) is 11.3. The maximum Gasteiger partial charge on any atom is 0.181 e. The van der Waals surface area contributed by atoms with Gasteiger partial charge in [-0.1, -0.05) is 31.0 Å².